The van der Waals surface area contributed by atoms with E-state index in [0.29, 0.717) is 23.0 Å². The Hall–Kier alpha value is -3.79. The van der Waals surface area contributed by atoms with Crippen LogP contribution in [0.15, 0.2) is 54.9 Å². The van der Waals surface area contributed by atoms with Crippen molar-refractivity contribution in [2.75, 3.05) is 25.1 Å². The zero-order valence-corrected chi connectivity index (χ0v) is 18.1. The third-order valence-electron chi connectivity index (χ3n) is 5.12. The van der Waals surface area contributed by atoms with E-state index < -0.39 is 11.9 Å². The van der Waals surface area contributed by atoms with Crippen LogP contribution < -0.4 is 15.0 Å². The van der Waals surface area contributed by atoms with Gasteiger partial charge in [-0.05, 0) is 23.8 Å². The first kappa shape index (κ1) is 21.4. The van der Waals surface area contributed by atoms with Crippen LogP contribution in [0.2, 0.25) is 0 Å². The summed E-state index contributed by atoms with van der Waals surface area (Å²) in [5.41, 5.74) is 1.77. The van der Waals surface area contributed by atoms with Gasteiger partial charge in [0.2, 0.25) is 5.82 Å². The summed E-state index contributed by atoms with van der Waals surface area (Å²) >= 11 is 5.58. The number of hydrogen-bond donors (Lipinski definition) is 2. The van der Waals surface area contributed by atoms with Crippen molar-refractivity contribution >= 4 is 34.8 Å². The Kier molecular flexibility index (Phi) is 6.13. The van der Waals surface area contributed by atoms with Crippen molar-refractivity contribution in [1.29, 1.82) is 0 Å². The third kappa shape index (κ3) is 4.59. The van der Waals surface area contributed by atoms with E-state index in [4.69, 9.17) is 17.0 Å². The van der Waals surface area contributed by atoms with E-state index in [2.05, 4.69) is 15.4 Å². The molecular weight excluding hydrogens is 430 g/mol. The van der Waals surface area contributed by atoms with Gasteiger partial charge in [0.15, 0.2) is 0 Å². The second-order valence-corrected chi connectivity index (χ2v) is 7.77. The Morgan fingerprint density at radius 2 is 2.03 bits per heavy atom. The number of hydrogen-bond acceptors (Lipinski definition) is 6. The summed E-state index contributed by atoms with van der Waals surface area (Å²) in [4.78, 5) is 30.2. The summed E-state index contributed by atoms with van der Waals surface area (Å²) in [7, 11) is 1.75. The fourth-order valence-corrected chi connectivity index (χ4v) is 3.63. The van der Waals surface area contributed by atoms with Crippen molar-refractivity contribution in [3.63, 3.8) is 0 Å². The minimum atomic E-state index is -1.03. The number of carboxylic acid groups (broad SMARTS) is 1. The fourth-order valence-electron chi connectivity index (χ4n) is 3.38. The number of thiocarbonyl (C=S) groups is 1. The van der Waals surface area contributed by atoms with Gasteiger partial charge in [0.05, 0.1) is 35.3 Å². The number of benzene rings is 2. The Morgan fingerprint density at radius 3 is 2.78 bits per heavy atom. The average Bonchev–Trinajstić information content (AvgIpc) is 3.22. The Labute approximate surface area is 189 Å². The van der Waals surface area contributed by atoms with E-state index in [1.54, 1.807) is 22.7 Å². The second kappa shape index (κ2) is 9.15. The van der Waals surface area contributed by atoms with Crippen LogP contribution in [0.3, 0.4) is 0 Å². The molecule has 1 aromatic heterocycles. The molecule has 0 unspecified atom stereocenters. The molecule has 1 atom stereocenters. The Morgan fingerprint density at radius 1 is 1.25 bits per heavy atom. The van der Waals surface area contributed by atoms with Gasteiger partial charge >= 0.3 is 5.97 Å². The zero-order chi connectivity index (χ0) is 22.7. The van der Waals surface area contributed by atoms with Gasteiger partial charge in [-0.15, -0.1) is 5.10 Å². The average molecular weight is 452 g/mol. The standard InChI is InChI=1S/C22H21N5O4S/c1-26-17-9-15(22(29)30)7-8-18(17)31-12-16(21(26)32)10-23-20(28)19-24-13-27(25-19)11-14-5-3-2-4-6-14/h2-9,13,16H,10-12H2,1H3,(H,23,28)(H,29,30)/t16-/m0/s1. The van der Waals surface area contributed by atoms with Crippen molar-refractivity contribution in [2.45, 2.75) is 6.54 Å². The molecule has 3 aromatic rings. The number of rotatable bonds is 6. The number of nitrogens with zero attached hydrogens (tertiary/aromatic N) is 4. The number of amides is 1. The molecule has 1 aliphatic rings. The van der Waals surface area contributed by atoms with Crippen molar-refractivity contribution in [3.05, 3.63) is 71.8 Å². The van der Waals surface area contributed by atoms with Gasteiger partial charge in [-0.25, -0.2) is 14.5 Å². The highest BCUT2D eigenvalue weighted by Crippen LogP contribution is 2.33. The van der Waals surface area contributed by atoms with Crippen LogP contribution in [0.5, 0.6) is 5.75 Å². The largest absolute Gasteiger partial charge is 0.491 e. The SMILES string of the molecule is CN1C(=S)[C@@H](CNC(=O)c2ncn(Cc3ccccc3)n2)COc2ccc(C(=O)O)cc21. The summed E-state index contributed by atoms with van der Waals surface area (Å²) in [6.45, 7) is 0.997. The van der Waals surface area contributed by atoms with Gasteiger partial charge in [-0.1, -0.05) is 42.5 Å². The van der Waals surface area contributed by atoms with Crippen molar-refractivity contribution in [3.8, 4) is 5.75 Å². The number of carbonyl (C=O) groups excluding carboxylic acids is 1. The van der Waals surface area contributed by atoms with Crippen LogP contribution in [0.1, 0.15) is 26.5 Å². The molecule has 0 bridgehead atoms. The molecule has 0 saturated carbocycles. The van der Waals surface area contributed by atoms with E-state index in [9.17, 15) is 14.7 Å². The molecule has 0 aliphatic carbocycles. The highest BCUT2D eigenvalue weighted by atomic mass is 32.1. The molecule has 0 radical (unpaired) electrons. The molecule has 0 saturated heterocycles. The molecule has 0 spiro atoms. The maximum absolute atomic E-state index is 12.6. The maximum Gasteiger partial charge on any atom is 0.335 e. The minimum Gasteiger partial charge on any atom is -0.491 e. The number of anilines is 1. The highest BCUT2D eigenvalue weighted by Gasteiger charge is 2.27. The van der Waals surface area contributed by atoms with E-state index in [-0.39, 0.29) is 30.5 Å². The monoisotopic (exact) mass is 451 g/mol. The van der Waals surface area contributed by atoms with Gasteiger partial charge in [0, 0.05) is 13.6 Å². The normalized spacial score (nSPS) is 15.5. The number of aromatic carboxylic acids is 1. The summed E-state index contributed by atoms with van der Waals surface area (Å²) in [5, 5.41) is 16.3. The maximum atomic E-state index is 12.6. The summed E-state index contributed by atoms with van der Waals surface area (Å²) in [6.07, 6.45) is 1.52. The Balaban J connectivity index is 1.39. The van der Waals surface area contributed by atoms with Gasteiger partial charge < -0.3 is 20.1 Å². The first-order valence-corrected chi connectivity index (χ1v) is 10.3. The van der Waals surface area contributed by atoms with E-state index in [1.165, 1.54) is 18.5 Å². The molecular formula is C22H21N5O4S. The van der Waals surface area contributed by atoms with Gasteiger partial charge in [0.1, 0.15) is 12.1 Å². The van der Waals surface area contributed by atoms with Gasteiger partial charge in [-0.2, -0.15) is 0 Å². The highest BCUT2D eigenvalue weighted by molar-refractivity contribution is 7.80. The molecule has 1 amide bonds. The molecule has 32 heavy (non-hydrogen) atoms. The minimum absolute atomic E-state index is 0.0733. The van der Waals surface area contributed by atoms with E-state index in [1.807, 2.05) is 30.3 Å². The molecule has 0 fully saturated rings. The number of nitrogens with one attached hydrogen (secondary N) is 1. The molecule has 9 nitrogen and oxygen atoms in total. The van der Waals surface area contributed by atoms with Crippen molar-refractivity contribution < 1.29 is 19.4 Å². The molecule has 10 heteroatoms. The lowest BCUT2D eigenvalue weighted by Crippen LogP contribution is -2.40. The zero-order valence-electron chi connectivity index (χ0n) is 17.3. The number of ether oxygens (including phenoxy) is 1. The first-order chi connectivity index (χ1) is 15.4. The van der Waals surface area contributed by atoms with Crippen LogP contribution in [0, 0.1) is 5.92 Å². The predicted molar refractivity (Wildman–Crippen MR) is 121 cm³/mol. The van der Waals surface area contributed by atoms with E-state index in [0.717, 1.165) is 5.56 Å². The first-order valence-electron chi connectivity index (χ1n) is 9.91. The number of fused-ring (bicyclic) bond motifs is 1. The van der Waals surface area contributed by atoms with Gasteiger partial charge in [0.25, 0.3) is 5.91 Å². The number of carboxylic acids is 1. The number of carbonyl (C=O) groups is 2. The lowest BCUT2D eigenvalue weighted by molar-refractivity contribution is 0.0696. The third-order valence-corrected chi connectivity index (χ3v) is 5.73. The topological polar surface area (TPSA) is 110 Å². The van der Waals surface area contributed by atoms with E-state index >= 15 is 0 Å². The van der Waals surface area contributed by atoms with Gasteiger partial charge in [-0.3, -0.25) is 4.79 Å². The van der Waals surface area contributed by atoms with Crippen LogP contribution >= 0.6 is 12.2 Å². The summed E-state index contributed by atoms with van der Waals surface area (Å²) in [5.74, 6) is -1.11. The molecule has 4 rings (SSSR count). The fraction of sp³-hybridized carbons (Fsp3) is 0.227. The molecule has 2 N–H and O–H groups in total. The predicted octanol–water partition coefficient (Wildman–Crippen LogP) is 2.23. The van der Waals surface area contributed by atoms with Crippen LogP contribution in [0.25, 0.3) is 0 Å². The van der Waals surface area contributed by atoms with Crippen LogP contribution in [0.4, 0.5) is 5.69 Å². The molecule has 164 valence electrons. The lowest BCUT2D eigenvalue weighted by Gasteiger charge is -2.23. The molecule has 2 heterocycles. The van der Waals surface area contributed by atoms with Crippen LogP contribution in [-0.4, -0.2) is 56.9 Å². The number of aromatic nitrogens is 3. The van der Waals surface area contributed by atoms with Crippen molar-refractivity contribution in [2.24, 2.45) is 5.92 Å². The van der Waals surface area contributed by atoms with Crippen LogP contribution in [-0.2, 0) is 6.54 Å². The molecule has 2 aromatic carbocycles. The second-order valence-electron chi connectivity index (χ2n) is 7.35. The van der Waals surface area contributed by atoms with Crippen molar-refractivity contribution in [1.82, 2.24) is 20.1 Å². The summed E-state index contributed by atoms with van der Waals surface area (Å²) < 4.78 is 7.44. The Bertz CT molecular complexity index is 1160. The smallest absolute Gasteiger partial charge is 0.335 e. The summed E-state index contributed by atoms with van der Waals surface area (Å²) in [6, 6.07) is 14.4. The molecule has 1 aliphatic heterocycles. The lowest BCUT2D eigenvalue weighted by atomic mass is 10.1. The quantitative estimate of drug-likeness (QED) is 0.549.